The predicted molar refractivity (Wildman–Crippen MR) is 57.1 cm³/mol. The third-order valence-corrected chi connectivity index (χ3v) is 3.15. The van der Waals surface area contributed by atoms with Gasteiger partial charge in [0, 0.05) is 18.7 Å². The van der Waals surface area contributed by atoms with Crippen LogP contribution in [0.15, 0.2) is 28.8 Å². The van der Waals surface area contributed by atoms with Crippen molar-refractivity contribution in [1.82, 2.24) is 0 Å². The first-order valence-corrected chi connectivity index (χ1v) is 5.13. The molecule has 2 unspecified atom stereocenters. The van der Waals surface area contributed by atoms with Gasteiger partial charge < -0.3 is 0 Å². The van der Waals surface area contributed by atoms with Crippen LogP contribution in [0.4, 0.5) is 0 Å². The van der Waals surface area contributed by atoms with Gasteiger partial charge in [0.05, 0.1) is 0 Å². The van der Waals surface area contributed by atoms with E-state index in [1.54, 1.807) is 0 Å². The van der Waals surface area contributed by atoms with Gasteiger partial charge >= 0.3 is 0 Å². The van der Waals surface area contributed by atoms with Gasteiger partial charge in [-0.2, -0.15) is 0 Å². The van der Waals surface area contributed by atoms with Gasteiger partial charge in [0.15, 0.2) is 0 Å². The maximum absolute atomic E-state index is 4.39. The van der Waals surface area contributed by atoms with Crippen LogP contribution in [0.1, 0.15) is 26.2 Å². The fourth-order valence-electron chi connectivity index (χ4n) is 2.46. The fraction of sp³-hybridized carbons (Fsp3) is 0.583. The summed E-state index contributed by atoms with van der Waals surface area (Å²) in [4.78, 5) is 4.39. The molecule has 0 heterocycles. The quantitative estimate of drug-likeness (QED) is 0.536. The Kier molecular flexibility index (Phi) is 2.34. The van der Waals surface area contributed by atoms with Crippen molar-refractivity contribution >= 4 is 5.71 Å². The highest BCUT2D eigenvalue weighted by molar-refractivity contribution is 5.89. The van der Waals surface area contributed by atoms with Crippen LogP contribution in [0.5, 0.6) is 0 Å². The molecule has 0 aliphatic heterocycles. The summed E-state index contributed by atoms with van der Waals surface area (Å²) in [5.41, 5.74) is 2.81. The Bertz CT molecular complexity index is 283. The smallest absolute Gasteiger partial charge is 0.0276 e. The van der Waals surface area contributed by atoms with Crippen LogP contribution in [0.2, 0.25) is 0 Å². The summed E-state index contributed by atoms with van der Waals surface area (Å²) in [5, 5.41) is 0. The molecule has 0 bridgehead atoms. The summed E-state index contributed by atoms with van der Waals surface area (Å²) in [7, 11) is 1.93. The minimum atomic E-state index is 0.613. The highest BCUT2D eigenvalue weighted by Gasteiger charge is 2.27. The summed E-state index contributed by atoms with van der Waals surface area (Å²) in [6.45, 7) is 2.18. The molecule has 0 aromatic rings. The van der Waals surface area contributed by atoms with Crippen molar-refractivity contribution in [3.8, 4) is 0 Å². The zero-order valence-electron chi connectivity index (χ0n) is 8.46. The van der Waals surface area contributed by atoms with Crippen molar-refractivity contribution in [3.63, 3.8) is 0 Å². The minimum Gasteiger partial charge on any atom is -0.297 e. The summed E-state index contributed by atoms with van der Waals surface area (Å²) in [6.07, 6.45) is 10.8. The number of fused-ring (bicyclic) bond motifs is 1. The maximum Gasteiger partial charge on any atom is 0.0276 e. The van der Waals surface area contributed by atoms with E-state index < -0.39 is 0 Å². The molecule has 0 aromatic heterocycles. The molecular formula is C12H17N. The molecule has 1 fully saturated rings. The molecule has 2 aliphatic rings. The number of hydrogen-bond acceptors (Lipinski definition) is 1. The van der Waals surface area contributed by atoms with Gasteiger partial charge in [0.1, 0.15) is 0 Å². The zero-order valence-corrected chi connectivity index (χ0v) is 8.46. The van der Waals surface area contributed by atoms with Crippen molar-refractivity contribution < 1.29 is 0 Å². The Labute approximate surface area is 80.3 Å². The molecule has 13 heavy (non-hydrogen) atoms. The first-order valence-electron chi connectivity index (χ1n) is 5.13. The van der Waals surface area contributed by atoms with Gasteiger partial charge in [-0.25, -0.2) is 0 Å². The van der Waals surface area contributed by atoms with E-state index in [0.717, 1.165) is 5.92 Å². The molecule has 0 spiro atoms. The van der Waals surface area contributed by atoms with E-state index in [9.17, 15) is 0 Å². The maximum atomic E-state index is 4.39. The van der Waals surface area contributed by atoms with Crippen molar-refractivity contribution in [2.75, 3.05) is 7.05 Å². The highest BCUT2D eigenvalue weighted by Crippen LogP contribution is 2.33. The van der Waals surface area contributed by atoms with Crippen molar-refractivity contribution in [3.05, 3.63) is 23.8 Å². The Morgan fingerprint density at radius 2 is 2.31 bits per heavy atom. The molecular weight excluding hydrogens is 158 g/mol. The van der Waals surface area contributed by atoms with Crippen LogP contribution in [-0.2, 0) is 0 Å². The third kappa shape index (κ3) is 1.60. The first kappa shape index (κ1) is 8.74. The van der Waals surface area contributed by atoms with E-state index in [4.69, 9.17) is 0 Å². The van der Waals surface area contributed by atoms with Crippen LogP contribution in [-0.4, -0.2) is 12.8 Å². The molecule has 1 heteroatoms. The van der Waals surface area contributed by atoms with E-state index in [2.05, 4.69) is 30.1 Å². The van der Waals surface area contributed by atoms with E-state index in [0.29, 0.717) is 5.92 Å². The molecule has 0 N–H and O–H groups in total. The zero-order chi connectivity index (χ0) is 9.26. The van der Waals surface area contributed by atoms with Gasteiger partial charge in [-0.15, -0.1) is 0 Å². The first-order chi connectivity index (χ1) is 6.31. The molecule has 1 nitrogen and oxygen atoms in total. The molecule has 1 saturated carbocycles. The average molecular weight is 175 g/mol. The van der Waals surface area contributed by atoms with Crippen LogP contribution in [0, 0.1) is 11.8 Å². The third-order valence-electron chi connectivity index (χ3n) is 3.15. The lowest BCUT2D eigenvalue weighted by molar-refractivity contribution is 0.471. The summed E-state index contributed by atoms with van der Waals surface area (Å²) >= 11 is 0. The average Bonchev–Trinajstić information content (AvgIpc) is 2.16. The second-order valence-electron chi connectivity index (χ2n) is 4.07. The molecule has 2 aliphatic carbocycles. The monoisotopic (exact) mass is 175 g/mol. The standard InChI is InChI=1S/C12H17N/c1-9-6-7-11-10(8-9)4-3-5-12(11)13-2/h6-8,10-11H,3-5H2,1-2H3. The van der Waals surface area contributed by atoms with Crippen molar-refractivity contribution in [1.29, 1.82) is 0 Å². The van der Waals surface area contributed by atoms with Gasteiger partial charge in [-0.3, -0.25) is 4.99 Å². The number of nitrogens with zero attached hydrogens (tertiary/aromatic N) is 1. The van der Waals surface area contributed by atoms with Crippen LogP contribution in [0.25, 0.3) is 0 Å². The van der Waals surface area contributed by atoms with Gasteiger partial charge in [0.2, 0.25) is 0 Å². The summed E-state index contributed by atoms with van der Waals surface area (Å²) < 4.78 is 0. The molecule has 0 amide bonds. The predicted octanol–water partition coefficient (Wildman–Crippen LogP) is 2.99. The lowest BCUT2D eigenvalue weighted by atomic mass is 9.74. The number of allylic oxidation sites excluding steroid dienone is 4. The van der Waals surface area contributed by atoms with Gasteiger partial charge in [-0.05, 0) is 32.1 Å². The molecule has 0 radical (unpaired) electrons. The highest BCUT2D eigenvalue weighted by atomic mass is 14.7. The Morgan fingerprint density at radius 3 is 3.08 bits per heavy atom. The Balaban J connectivity index is 2.24. The fourth-order valence-corrected chi connectivity index (χ4v) is 2.46. The topological polar surface area (TPSA) is 12.4 Å². The largest absolute Gasteiger partial charge is 0.297 e. The summed E-state index contributed by atoms with van der Waals surface area (Å²) in [6, 6.07) is 0. The van der Waals surface area contributed by atoms with Crippen LogP contribution < -0.4 is 0 Å². The second kappa shape index (κ2) is 3.49. The Morgan fingerprint density at radius 1 is 1.46 bits per heavy atom. The summed E-state index contributed by atoms with van der Waals surface area (Å²) in [5.74, 6) is 1.35. The number of rotatable bonds is 0. The molecule has 2 rings (SSSR count). The van der Waals surface area contributed by atoms with E-state index in [-0.39, 0.29) is 0 Å². The van der Waals surface area contributed by atoms with Crippen LogP contribution in [0.3, 0.4) is 0 Å². The molecule has 70 valence electrons. The Hall–Kier alpha value is -0.850. The normalized spacial score (nSPS) is 35.8. The minimum absolute atomic E-state index is 0.613. The number of aliphatic imine (C=N–C) groups is 1. The second-order valence-corrected chi connectivity index (χ2v) is 4.07. The molecule has 2 atom stereocenters. The lowest BCUT2D eigenvalue weighted by Crippen LogP contribution is -2.27. The van der Waals surface area contributed by atoms with Crippen molar-refractivity contribution in [2.45, 2.75) is 26.2 Å². The van der Waals surface area contributed by atoms with Gasteiger partial charge in [-0.1, -0.05) is 23.8 Å². The molecule has 0 saturated heterocycles. The van der Waals surface area contributed by atoms with E-state index >= 15 is 0 Å². The SMILES string of the molecule is CN=C1CCCC2C=C(C)C=CC12. The van der Waals surface area contributed by atoms with E-state index in [1.165, 1.54) is 30.5 Å². The van der Waals surface area contributed by atoms with Gasteiger partial charge in [0.25, 0.3) is 0 Å². The molecule has 0 aromatic carbocycles. The van der Waals surface area contributed by atoms with Crippen LogP contribution >= 0.6 is 0 Å². The van der Waals surface area contributed by atoms with E-state index in [1.807, 2.05) is 7.05 Å². The lowest BCUT2D eigenvalue weighted by Gasteiger charge is -2.31. The number of hydrogen-bond donors (Lipinski definition) is 0. The van der Waals surface area contributed by atoms with Crippen molar-refractivity contribution in [2.24, 2.45) is 16.8 Å².